The normalized spacial score (nSPS) is 10.5. The van der Waals surface area contributed by atoms with Crippen LogP contribution in [0.2, 0.25) is 0 Å². The molecule has 0 aliphatic carbocycles. The van der Waals surface area contributed by atoms with Crippen LogP contribution in [0.3, 0.4) is 0 Å². The van der Waals surface area contributed by atoms with E-state index in [9.17, 15) is 9.59 Å². The van der Waals surface area contributed by atoms with Gasteiger partial charge in [-0.25, -0.2) is 0 Å². The van der Waals surface area contributed by atoms with Crippen LogP contribution in [0.15, 0.2) is 24.3 Å². The summed E-state index contributed by atoms with van der Waals surface area (Å²) in [5.41, 5.74) is 0.938. The molecule has 24 heavy (non-hydrogen) atoms. The third kappa shape index (κ3) is 7.01. The minimum atomic E-state index is -0.516. The predicted molar refractivity (Wildman–Crippen MR) is 105 cm³/mol. The van der Waals surface area contributed by atoms with Gasteiger partial charge in [0.05, 0.1) is 0 Å². The van der Waals surface area contributed by atoms with Crippen LogP contribution >= 0.6 is 24.4 Å². The number of carbonyl (C=O) groups is 2. The predicted octanol–water partition coefficient (Wildman–Crippen LogP) is 2.77. The highest BCUT2D eigenvalue weighted by molar-refractivity contribution is 7.80. The smallest absolute Gasteiger partial charge is 0.231 e. The summed E-state index contributed by atoms with van der Waals surface area (Å²) in [7, 11) is 0. The van der Waals surface area contributed by atoms with Gasteiger partial charge in [0.25, 0.3) is 0 Å². The number of benzene rings is 1. The second-order valence-electron chi connectivity index (χ2n) is 6.09. The summed E-state index contributed by atoms with van der Waals surface area (Å²) in [6.45, 7) is 7.18. The van der Waals surface area contributed by atoms with Crippen molar-refractivity contribution in [3.8, 4) is 0 Å². The van der Waals surface area contributed by atoms with E-state index in [4.69, 9.17) is 24.4 Å². The first-order valence-corrected chi connectivity index (χ1v) is 8.27. The molecule has 0 fully saturated rings. The van der Waals surface area contributed by atoms with Gasteiger partial charge in [-0.2, -0.15) is 0 Å². The third-order valence-electron chi connectivity index (χ3n) is 2.88. The minimum absolute atomic E-state index is 0.147. The van der Waals surface area contributed by atoms with E-state index in [2.05, 4.69) is 21.3 Å². The number of anilines is 2. The minimum Gasteiger partial charge on any atom is -0.332 e. The van der Waals surface area contributed by atoms with Crippen LogP contribution in [0.5, 0.6) is 0 Å². The van der Waals surface area contributed by atoms with Crippen molar-refractivity contribution in [1.29, 1.82) is 0 Å². The van der Waals surface area contributed by atoms with Crippen molar-refractivity contribution in [3.05, 3.63) is 24.3 Å². The monoisotopic (exact) mass is 366 g/mol. The van der Waals surface area contributed by atoms with Gasteiger partial charge < -0.3 is 21.3 Å². The van der Waals surface area contributed by atoms with E-state index >= 15 is 0 Å². The fourth-order valence-electron chi connectivity index (χ4n) is 1.47. The molecule has 130 valence electrons. The van der Waals surface area contributed by atoms with Gasteiger partial charge in [-0.1, -0.05) is 27.7 Å². The van der Waals surface area contributed by atoms with Crippen LogP contribution < -0.4 is 21.3 Å². The van der Waals surface area contributed by atoms with Gasteiger partial charge in [-0.05, 0) is 48.7 Å². The Hall–Kier alpha value is -2.06. The van der Waals surface area contributed by atoms with Gasteiger partial charge in [0, 0.05) is 23.2 Å². The zero-order chi connectivity index (χ0) is 18.3. The Morgan fingerprint density at radius 1 is 0.917 bits per heavy atom. The molecule has 0 atom stereocenters. The maximum absolute atomic E-state index is 11.9. The lowest BCUT2D eigenvalue weighted by Crippen LogP contribution is -2.41. The van der Waals surface area contributed by atoms with Crippen molar-refractivity contribution in [3.63, 3.8) is 0 Å². The van der Waals surface area contributed by atoms with Gasteiger partial charge in [0.15, 0.2) is 10.2 Å². The maximum atomic E-state index is 11.9. The summed E-state index contributed by atoms with van der Waals surface area (Å²) in [5, 5.41) is 11.5. The Kier molecular flexibility index (Phi) is 7.24. The Morgan fingerprint density at radius 2 is 1.33 bits per heavy atom. The molecule has 0 aliphatic heterocycles. The molecule has 0 bridgehead atoms. The number of nitrogens with one attached hydrogen (secondary N) is 4. The van der Waals surface area contributed by atoms with Gasteiger partial charge in [0.2, 0.25) is 11.8 Å². The Balaban J connectivity index is 2.56. The summed E-state index contributed by atoms with van der Waals surface area (Å²) in [6, 6.07) is 7.12. The number of thiocarbonyl (C=S) groups is 2. The molecule has 0 heterocycles. The molecule has 0 saturated heterocycles. The molecule has 1 rings (SSSR count). The van der Waals surface area contributed by atoms with Crippen LogP contribution in [-0.4, -0.2) is 22.0 Å². The highest BCUT2D eigenvalue weighted by Gasteiger charge is 2.21. The van der Waals surface area contributed by atoms with Crippen LogP contribution in [0.1, 0.15) is 34.1 Å². The molecule has 4 N–H and O–H groups in total. The molecule has 6 nitrogen and oxygen atoms in total. The summed E-state index contributed by atoms with van der Waals surface area (Å²) in [4.78, 5) is 23.1. The van der Waals surface area contributed by atoms with E-state index in [0.717, 1.165) is 11.4 Å². The molecule has 0 aromatic heterocycles. The van der Waals surface area contributed by atoms with E-state index in [1.54, 1.807) is 31.2 Å². The topological polar surface area (TPSA) is 82.3 Å². The number of hydrogen-bond donors (Lipinski definition) is 4. The number of amides is 2. The number of carbonyl (C=O) groups excluding carboxylic acids is 2. The summed E-state index contributed by atoms with van der Waals surface area (Å²) >= 11 is 10.2. The molecule has 8 heteroatoms. The Bertz CT molecular complexity index is 636. The lowest BCUT2D eigenvalue weighted by Gasteiger charge is -2.18. The Morgan fingerprint density at radius 3 is 1.71 bits per heavy atom. The van der Waals surface area contributed by atoms with E-state index in [-0.39, 0.29) is 22.0 Å². The zero-order valence-electron chi connectivity index (χ0n) is 14.1. The zero-order valence-corrected chi connectivity index (χ0v) is 15.8. The average molecular weight is 367 g/mol. The molecule has 0 radical (unpaired) electrons. The quantitative estimate of drug-likeness (QED) is 0.616. The van der Waals surface area contributed by atoms with E-state index in [0.29, 0.717) is 6.42 Å². The maximum Gasteiger partial charge on any atom is 0.231 e. The van der Waals surface area contributed by atoms with Gasteiger partial charge in [-0.15, -0.1) is 0 Å². The lowest BCUT2D eigenvalue weighted by molar-refractivity contribution is -0.127. The van der Waals surface area contributed by atoms with E-state index in [1.807, 2.05) is 20.8 Å². The first kappa shape index (κ1) is 20.0. The first-order valence-electron chi connectivity index (χ1n) is 7.45. The molecule has 1 aromatic rings. The van der Waals surface area contributed by atoms with Crippen molar-refractivity contribution >= 4 is 57.8 Å². The molecule has 0 aliphatic rings. The fourth-order valence-corrected chi connectivity index (χ4v) is 1.91. The average Bonchev–Trinajstić information content (AvgIpc) is 2.47. The summed E-state index contributed by atoms with van der Waals surface area (Å²) in [5.74, 6) is -0.305. The number of hydrogen-bond acceptors (Lipinski definition) is 4. The van der Waals surface area contributed by atoms with Crippen molar-refractivity contribution in [2.24, 2.45) is 5.41 Å². The van der Waals surface area contributed by atoms with Crippen molar-refractivity contribution in [1.82, 2.24) is 10.6 Å². The van der Waals surface area contributed by atoms with Gasteiger partial charge >= 0.3 is 0 Å². The SMILES string of the molecule is CCC(=O)NC(=S)Nc1ccc(NC(=S)NC(=O)C(C)(C)C)cc1. The van der Waals surface area contributed by atoms with Crippen molar-refractivity contribution < 1.29 is 9.59 Å². The highest BCUT2D eigenvalue weighted by atomic mass is 32.1. The van der Waals surface area contributed by atoms with Gasteiger partial charge in [0.1, 0.15) is 0 Å². The summed E-state index contributed by atoms with van der Waals surface area (Å²) < 4.78 is 0. The third-order valence-corrected chi connectivity index (χ3v) is 3.29. The standard InChI is InChI=1S/C16H22N4O2S2/c1-5-12(21)19-14(23)17-10-6-8-11(9-7-10)18-15(24)20-13(22)16(2,3)4/h6-9H,5H2,1-4H3,(H2,17,19,21,23)(H2,18,20,22,24). The molecular weight excluding hydrogens is 344 g/mol. The molecular formula is C16H22N4O2S2. The van der Waals surface area contributed by atoms with Gasteiger partial charge in [-0.3, -0.25) is 9.59 Å². The van der Waals surface area contributed by atoms with Crippen LogP contribution in [0, 0.1) is 5.41 Å². The van der Waals surface area contributed by atoms with E-state index < -0.39 is 5.41 Å². The Labute approximate surface area is 152 Å². The second-order valence-corrected chi connectivity index (χ2v) is 6.91. The van der Waals surface area contributed by atoms with Crippen LogP contribution in [0.25, 0.3) is 0 Å². The highest BCUT2D eigenvalue weighted by Crippen LogP contribution is 2.15. The van der Waals surface area contributed by atoms with Crippen LogP contribution in [0.4, 0.5) is 11.4 Å². The lowest BCUT2D eigenvalue weighted by atomic mass is 9.96. The largest absolute Gasteiger partial charge is 0.332 e. The molecule has 1 aromatic carbocycles. The van der Waals surface area contributed by atoms with Crippen molar-refractivity contribution in [2.45, 2.75) is 34.1 Å². The fraction of sp³-hybridized carbons (Fsp3) is 0.375. The summed E-state index contributed by atoms with van der Waals surface area (Å²) in [6.07, 6.45) is 0.364. The van der Waals surface area contributed by atoms with E-state index in [1.165, 1.54) is 0 Å². The molecule has 0 saturated carbocycles. The molecule has 0 unspecified atom stereocenters. The first-order chi connectivity index (χ1) is 11.1. The van der Waals surface area contributed by atoms with Crippen LogP contribution in [-0.2, 0) is 9.59 Å². The molecule has 2 amide bonds. The van der Waals surface area contributed by atoms with Crippen molar-refractivity contribution in [2.75, 3.05) is 10.6 Å². The number of rotatable bonds is 3. The molecule has 0 spiro atoms. The second kappa shape index (κ2) is 8.70.